The fraction of sp³-hybridized carbons (Fsp3) is 0.400. The summed E-state index contributed by atoms with van der Waals surface area (Å²) in [5, 5.41) is 5.64. The van der Waals surface area contributed by atoms with Gasteiger partial charge in [-0.2, -0.15) is 13.2 Å². The molecule has 0 radical (unpaired) electrons. The maximum atomic E-state index is 12.9. The van der Waals surface area contributed by atoms with E-state index in [1.54, 1.807) is 35.2 Å². The van der Waals surface area contributed by atoms with E-state index in [0.29, 0.717) is 36.5 Å². The number of carbonyl (C=O) groups excluding carboxylic acids is 1. The molecule has 1 amide bonds. The highest BCUT2D eigenvalue weighted by molar-refractivity contribution is 8.00. The van der Waals surface area contributed by atoms with E-state index in [4.69, 9.17) is 10.6 Å². The standard InChI is InChI=1S/C15H16F3N5O2S/c16-15(17,18)13-20-21-14(23(13)19)26-11(10-4-2-1-3-5-10)12(24)22-6-8-25-9-7-22/h1-5,11H,6-9,19H2/t11-/m1/s1. The van der Waals surface area contributed by atoms with Crippen molar-refractivity contribution >= 4 is 17.7 Å². The average Bonchev–Trinajstić information content (AvgIpc) is 3.01. The van der Waals surface area contributed by atoms with Crippen LogP contribution in [0.5, 0.6) is 0 Å². The predicted octanol–water partition coefficient (Wildman–Crippen LogP) is 1.70. The summed E-state index contributed by atoms with van der Waals surface area (Å²) in [6.07, 6.45) is -4.73. The van der Waals surface area contributed by atoms with Crippen LogP contribution < -0.4 is 5.84 Å². The zero-order valence-electron chi connectivity index (χ0n) is 13.5. The molecular weight excluding hydrogens is 371 g/mol. The Morgan fingerprint density at radius 1 is 1.19 bits per heavy atom. The van der Waals surface area contributed by atoms with Crippen molar-refractivity contribution in [3.05, 3.63) is 41.7 Å². The first kappa shape index (κ1) is 18.5. The van der Waals surface area contributed by atoms with Gasteiger partial charge in [0.15, 0.2) is 0 Å². The number of amides is 1. The Morgan fingerprint density at radius 3 is 2.42 bits per heavy atom. The fourth-order valence-corrected chi connectivity index (χ4v) is 3.54. The molecule has 0 aliphatic carbocycles. The second-order valence-electron chi connectivity index (χ2n) is 5.52. The topological polar surface area (TPSA) is 86.3 Å². The number of rotatable bonds is 4. The maximum Gasteiger partial charge on any atom is 0.453 e. The molecule has 0 spiro atoms. The summed E-state index contributed by atoms with van der Waals surface area (Å²) in [5.74, 6) is 3.95. The SMILES string of the molecule is Nn1c(S[C@@H](C(=O)N2CCOCC2)c2ccccc2)nnc1C(F)(F)F. The van der Waals surface area contributed by atoms with Crippen LogP contribution in [0.3, 0.4) is 0 Å². The molecule has 2 heterocycles. The van der Waals surface area contributed by atoms with Crippen LogP contribution in [-0.2, 0) is 15.7 Å². The van der Waals surface area contributed by atoms with E-state index < -0.39 is 17.3 Å². The van der Waals surface area contributed by atoms with Crippen LogP contribution in [0.1, 0.15) is 16.6 Å². The molecule has 3 rings (SSSR count). The number of ether oxygens (including phenoxy) is 1. The summed E-state index contributed by atoms with van der Waals surface area (Å²) in [4.78, 5) is 14.6. The number of hydrogen-bond donors (Lipinski definition) is 1. The van der Waals surface area contributed by atoms with Crippen molar-refractivity contribution in [2.45, 2.75) is 16.6 Å². The van der Waals surface area contributed by atoms with E-state index in [0.717, 1.165) is 11.8 Å². The third-order valence-electron chi connectivity index (χ3n) is 3.79. The van der Waals surface area contributed by atoms with Gasteiger partial charge in [-0.3, -0.25) is 4.79 Å². The largest absolute Gasteiger partial charge is 0.453 e. The smallest absolute Gasteiger partial charge is 0.378 e. The molecule has 0 unspecified atom stereocenters. The number of thioether (sulfide) groups is 1. The number of carbonyl (C=O) groups is 1. The predicted molar refractivity (Wildman–Crippen MR) is 87.6 cm³/mol. The molecular formula is C15H16F3N5O2S. The minimum absolute atomic E-state index is 0.187. The molecule has 1 aromatic heterocycles. The monoisotopic (exact) mass is 387 g/mol. The Labute approximate surface area is 151 Å². The third kappa shape index (κ3) is 3.93. The van der Waals surface area contributed by atoms with E-state index in [2.05, 4.69) is 10.2 Å². The fourth-order valence-electron chi connectivity index (χ4n) is 2.49. The van der Waals surface area contributed by atoms with E-state index in [-0.39, 0.29) is 11.1 Å². The molecule has 1 fully saturated rings. The molecule has 1 aromatic carbocycles. The number of nitrogens with zero attached hydrogens (tertiary/aromatic N) is 4. The van der Waals surface area contributed by atoms with Crippen LogP contribution in [0.15, 0.2) is 35.5 Å². The molecule has 11 heteroatoms. The van der Waals surface area contributed by atoms with Gasteiger partial charge in [0.2, 0.25) is 11.1 Å². The molecule has 7 nitrogen and oxygen atoms in total. The number of hydrogen-bond acceptors (Lipinski definition) is 6. The number of halogens is 3. The molecule has 0 saturated carbocycles. The first-order valence-electron chi connectivity index (χ1n) is 7.73. The van der Waals surface area contributed by atoms with Crippen molar-refractivity contribution in [3.63, 3.8) is 0 Å². The summed E-state index contributed by atoms with van der Waals surface area (Å²) in [7, 11) is 0. The van der Waals surface area contributed by atoms with Crippen LogP contribution in [0.25, 0.3) is 0 Å². The van der Waals surface area contributed by atoms with Gasteiger partial charge in [-0.1, -0.05) is 42.1 Å². The maximum absolute atomic E-state index is 12.9. The number of nitrogens with two attached hydrogens (primary N) is 1. The molecule has 0 bridgehead atoms. The molecule has 1 atom stereocenters. The second kappa shape index (κ2) is 7.54. The lowest BCUT2D eigenvalue weighted by Crippen LogP contribution is -2.42. The van der Waals surface area contributed by atoms with E-state index >= 15 is 0 Å². The van der Waals surface area contributed by atoms with Gasteiger partial charge < -0.3 is 15.5 Å². The number of nitrogen functional groups attached to an aromatic ring is 1. The summed E-state index contributed by atoms with van der Waals surface area (Å²) in [6, 6.07) is 8.76. The van der Waals surface area contributed by atoms with E-state index in [1.807, 2.05) is 0 Å². The van der Waals surface area contributed by atoms with Crippen molar-refractivity contribution in [3.8, 4) is 0 Å². The molecule has 2 aromatic rings. The Morgan fingerprint density at radius 2 is 1.85 bits per heavy atom. The highest BCUT2D eigenvalue weighted by Crippen LogP contribution is 2.37. The van der Waals surface area contributed by atoms with Gasteiger partial charge in [0.25, 0.3) is 5.82 Å². The first-order chi connectivity index (χ1) is 12.4. The lowest BCUT2D eigenvalue weighted by Gasteiger charge is -2.30. The van der Waals surface area contributed by atoms with Crippen LogP contribution in [0.2, 0.25) is 0 Å². The third-order valence-corrected chi connectivity index (χ3v) is 4.99. The van der Waals surface area contributed by atoms with Gasteiger partial charge in [-0.15, -0.1) is 10.2 Å². The van der Waals surface area contributed by atoms with Crippen molar-refractivity contribution < 1.29 is 22.7 Å². The van der Waals surface area contributed by atoms with Crippen LogP contribution in [0.4, 0.5) is 13.2 Å². The molecule has 140 valence electrons. The quantitative estimate of drug-likeness (QED) is 0.635. The molecule has 26 heavy (non-hydrogen) atoms. The van der Waals surface area contributed by atoms with E-state index in [1.165, 1.54) is 0 Å². The lowest BCUT2D eigenvalue weighted by atomic mass is 10.1. The normalized spacial score (nSPS) is 16.5. The Balaban J connectivity index is 1.89. The zero-order valence-corrected chi connectivity index (χ0v) is 14.3. The second-order valence-corrected chi connectivity index (χ2v) is 6.59. The summed E-state index contributed by atoms with van der Waals surface area (Å²) in [6.45, 7) is 1.68. The van der Waals surface area contributed by atoms with Crippen LogP contribution in [0, 0.1) is 0 Å². The number of alkyl halides is 3. The van der Waals surface area contributed by atoms with Gasteiger partial charge in [-0.05, 0) is 5.56 Å². The average molecular weight is 387 g/mol. The Bertz CT molecular complexity index is 762. The van der Waals surface area contributed by atoms with Crippen molar-refractivity contribution in [1.29, 1.82) is 0 Å². The van der Waals surface area contributed by atoms with Gasteiger partial charge in [0.05, 0.1) is 13.2 Å². The Kier molecular flexibility index (Phi) is 5.37. The van der Waals surface area contributed by atoms with E-state index in [9.17, 15) is 18.0 Å². The highest BCUT2D eigenvalue weighted by Gasteiger charge is 2.39. The first-order valence-corrected chi connectivity index (χ1v) is 8.61. The minimum atomic E-state index is -4.73. The Hall–Kier alpha value is -2.27. The molecule has 1 saturated heterocycles. The van der Waals surface area contributed by atoms with Crippen LogP contribution >= 0.6 is 11.8 Å². The van der Waals surface area contributed by atoms with Crippen molar-refractivity contribution in [1.82, 2.24) is 19.8 Å². The molecule has 1 aliphatic rings. The summed E-state index contributed by atoms with van der Waals surface area (Å²) >= 11 is 0.839. The van der Waals surface area contributed by atoms with Gasteiger partial charge in [0.1, 0.15) is 5.25 Å². The lowest BCUT2D eigenvalue weighted by molar-refractivity contribution is -0.146. The van der Waals surface area contributed by atoms with Gasteiger partial charge >= 0.3 is 6.18 Å². The van der Waals surface area contributed by atoms with Gasteiger partial charge in [-0.25, -0.2) is 4.68 Å². The summed E-state index contributed by atoms with van der Waals surface area (Å²) in [5.41, 5.74) is 0.644. The molecule has 1 aliphatic heterocycles. The highest BCUT2D eigenvalue weighted by atomic mass is 32.2. The van der Waals surface area contributed by atoms with Crippen LogP contribution in [-0.4, -0.2) is 52.0 Å². The zero-order chi connectivity index (χ0) is 18.7. The van der Waals surface area contributed by atoms with Gasteiger partial charge in [0, 0.05) is 13.1 Å². The molecule has 2 N–H and O–H groups in total. The van der Waals surface area contributed by atoms with Crippen molar-refractivity contribution in [2.75, 3.05) is 32.1 Å². The number of benzene rings is 1. The minimum Gasteiger partial charge on any atom is -0.378 e. The van der Waals surface area contributed by atoms with Crippen molar-refractivity contribution in [2.24, 2.45) is 0 Å². The number of morpholine rings is 1. The number of aromatic nitrogens is 3. The summed E-state index contributed by atoms with van der Waals surface area (Å²) < 4.78 is 44.2.